The van der Waals surface area contributed by atoms with Crippen LogP contribution in [-0.2, 0) is 4.79 Å². The number of carbonyl (C=O) groups excluding carboxylic acids is 1. The molecule has 2 aliphatic rings. The lowest BCUT2D eigenvalue weighted by Crippen LogP contribution is -2.58. The number of hydrogen-bond donors (Lipinski definition) is 1. The van der Waals surface area contributed by atoms with Crippen LogP contribution in [0.5, 0.6) is 0 Å². The van der Waals surface area contributed by atoms with Crippen molar-refractivity contribution >= 4 is 5.91 Å². The fraction of sp³-hybridized carbons (Fsp3) is 0.938. The minimum atomic E-state index is 0.0647. The molecule has 4 heteroatoms. The number of piperazine rings is 1. The van der Waals surface area contributed by atoms with Gasteiger partial charge in [0, 0.05) is 31.7 Å². The second-order valence-electron chi connectivity index (χ2n) is 7.29. The zero-order valence-electron chi connectivity index (χ0n) is 13.6. The van der Waals surface area contributed by atoms with Crippen molar-refractivity contribution in [2.75, 3.05) is 32.7 Å². The molecule has 116 valence electrons. The van der Waals surface area contributed by atoms with E-state index < -0.39 is 0 Å². The highest BCUT2D eigenvalue weighted by Gasteiger charge is 2.32. The number of nitrogens with one attached hydrogen (secondary N) is 1. The van der Waals surface area contributed by atoms with Gasteiger partial charge in [0.2, 0.25) is 5.91 Å². The summed E-state index contributed by atoms with van der Waals surface area (Å²) < 4.78 is 0. The van der Waals surface area contributed by atoms with Gasteiger partial charge in [-0.25, -0.2) is 0 Å². The first kappa shape index (κ1) is 15.8. The smallest absolute Gasteiger partial charge is 0.239 e. The molecule has 2 unspecified atom stereocenters. The second-order valence-corrected chi connectivity index (χ2v) is 7.29. The van der Waals surface area contributed by atoms with E-state index >= 15 is 0 Å². The van der Waals surface area contributed by atoms with Crippen molar-refractivity contribution in [1.29, 1.82) is 0 Å². The third-order valence-electron chi connectivity index (χ3n) is 4.93. The van der Waals surface area contributed by atoms with Gasteiger partial charge in [-0.2, -0.15) is 0 Å². The summed E-state index contributed by atoms with van der Waals surface area (Å²) >= 11 is 0. The number of rotatable bonds is 2. The molecule has 0 radical (unpaired) electrons. The van der Waals surface area contributed by atoms with E-state index in [1.54, 1.807) is 0 Å². The first-order valence-corrected chi connectivity index (χ1v) is 8.19. The third kappa shape index (κ3) is 3.73. The van der Waals surface area contributed by atoms with E-state index in [2.05, 4.69) is 42.8 Å². The van der Waals surface area contributed by atoms with Crippen molar-refractivity contribution in [3.63, 3.8) is 0 Å². The van der Waals surface area contributed by atoms with Gasteiger partial charge in [-0.05, 0) is 46.1 Å². The predicted octanol–water partition coefficient (Wildman–Crippen LogP) is 1.71. The van der Waals surface area contributed by atoms with Crippen molar-refractivity contribution in [3.8, 4) is 0 Å². The molecule has 1 amide bonds. The lowest BCUT2D eigenvalue weighted by Gasteiger charge is -2.43. The van der Waals surface area contributed by atoms with E-state index in [0.29, 0.717) is 5.91 Å². The average Bonchev–Trinajstić information content (AvgIpc) is 2.46. The van der Waals surface area contributed by atoms with Crippen LogP contribution < -0.4 is 5.32 Å². The van der Waals surface area contributed by atoms with Crippen LogP contribution in [0.15, 0.2) is 0 Å². The van der Waals surface area contributed by atoms with Crippen molar-refractivity contribution in [2.24, 2.45) is 5.92 Å². The number of amides is 1. The minimum absolute atomic E-state index is 0.0647. The average molecular weight is 281 g/mol. The van der Waals surface area contributed by atoms with E-state index in [4.69, 9.17) is 0 Å². The largest absolute Gasteiger partial charge is 0.339 e. The zero-order chi connectivity index (χ0) is 14.8. The molecule has 0 aliphatic carbocycles. The summed E-state index contributed by atoms with van der Waals surface area (Å²) in [7, 11) is 0. The molecule has 2 atom stereocenters. The summed E-state index contributed by atoms with van der Waals surface area (Å²) in [6, 6.07) is 0.0647. The van der Waals surface area contributed by atoms with E-state index in [-0.39, 0.29) is 11.6 Å². The Morgan fingerprint density at radius 1 is 1.20 bits per heavy atom. The Balaban J connectivity index is 1.85. The number of nitrogens with zero attached hydrogens (tertiary/aromatic N) is 2. The van der Waals surface area contributed by atoms with Crippen LogP contribution in [0, 0.1) is 5.92 Å². The molecule has 0 spiro atoms. The topological polar surface area (TPSA) is 35.6 Å². The Morgan fingerprint density at radius 2 is 1.85 bits per heavy atom. The Hall–Kier alpha value is -0.610. The van der Waals surface area contributed by atoms with Gasteiger partial charge in [-0.3, -0.25) is 9.69 Å². The molecule has 20 heavy (non-hydrogen) atoms. The maximum Gasteiger partial charge on any atom is 0.239 e. The molecule has 0 bridgehead atoms. The van der Waals surface area contributed by atoms with Crippen LogP contribution in [-0.4, -0.2) is 60.0 Å². The molecule has 1 N–H and O–H groups in total. The molecule has 0 saturated carbocycles. The van der Waals surface area contributed by atoms with Crippen molar-refractivity contribution in [2.45, 2.75) is 58.5 Å². The van der Waals surface area contributed by atoms with Gasteiger partial charge >= 0.3 is 0 Å². The monoisotopic (exact) mass is 281 g/mol. The van der Waals surface area contributed by atoms with Crippen LogP contribution in [0.25, 0.3) is 0 Å². The van der Waals surface area contributed by atoms with Crippen LogP contribution in [0.2, 0.25) is 0 Å². The molecular formula is C16H31N3O. The number of carbonyl (C=O) groups is 1. The SMILES string of the molecule is CCC1CCNC(C(=O)N2CCN(C(C)(C)C)CC2)C1. The van der Waals surface area contributed by atoms with Crippen molar-refractivity contribution in [1.82, 2.24) is 15.1 Å². The van der Waals surface area contributed by atoms with Gasteiger partial charge in [0.05, 0.1) is 6.04 Å². The summed E-state index contributed by atoms with van der Waals surface area (Å²) in [6.07, 6.45) is 3.44. The molecule has 0 aromatic rings. The molecule has 2 fully saturated rings. The van der Waals surface area contributed by atoms with Gasteiger partial charge in [0.1, 0.15) is 0 Å². The second kappa shape index (κ2) is 6.44. The normalized spacial score (nSPS) is 29.5. The van der Waals surface area contributed by atoms with Gasteiger partial charge < -0.3 is 10.2 Å². The predicted molar refractivity (Wildman–Crippen MR) is 82.7 cm³/mol. The highest BCUT2D eigenvalue weighted by molar-refractivity contribution is 5.82. The molecule has 4 nitrogen and oxygen atoms in total. The number of hydrogen-bond acceptors (Lipinski definition) is 3. The standard InChI is InChI=1S/C16H31N3O/c1-5-13-6-7-17-14(12-13)15(20)18-8-10-19(11-9-18)16(2,3)4/h13-14,17H,5-12H2,1-4H3. The minimum Gasteiger partial charge on any atom is -0.339 e. The quantitative estimate of drug-likeness (QED) is 0.837. The Bertz CT molecular complexity index is 329. The van der Waals surface area contributed by atoms with Crippen molar-refractivity contribution in [3.05, 3.63) is 0 Å². The van der Waals surface area contributed by atoms with E-state index in [0.717, 1.165) is 45.1 Å². The van der Waals surface area contributed by atoms with Crippen LogP contribution >= 0.6 is 0 Å². The molecular weight excluding hydrogens is 250 g/mol. The summed E-state index contributed by atoms with van der Waals surface area (Å²) in [5.74, 6) is 1.05. The highest BCUT2D eigenvalue weighted by atomic mass is 16.2. The molecule has 2 heterocycles. The summed E-state index contributed by atoms with van der Waals surface area (Å²) in [5, 5.41) is 3.42. The highest BCUT2D eigenvalue weighted by Crippen LogP contribution is 2.22. The maximum absolute atomic E-state index is 12.6. The van der Waals surface area contributed by atoms with Gasteiger partial charge in [0.25, 0.3) is 0 Å². The fourth-order valence-electron chi connectivity index (χ4n) is 3.37. The maximum atomic E-state index is 12.6. The summed E-state index contributed by atoms with van der Waals surface area (Å²) in [4.78, 5) is 17.2. The first-order chi connectivity index (χ1) is 9.41. The summed E-state index contributed by atoms with van der Waals surface area (Å²) in [6.45, 7) is 13.7. The molecule has 0 aromatic carbocycles. The van der Waals surface area contributed by atoms with Crippen LogP contribution in [0.4, 0.5) is 0 Å². The van der Waals surface area contributed by atoms with Gasteiger partial charge in [-0.15, -0.1) is 0 Å². The third-order valence-corrected chi connectivity index (χ3v) is 4.93. The van der Waals surface area contributed by atoms with Gasteiger partial charge in [0.15, 0.2) is 0 Å². The Labute approximate surface area is 123 Å². The molecule has 2 rings (SSSR count). The lowest BCUT2D eigenvalue weighted by molar-refractivity contribution is -0.137. The molecule has 0 aromatic heterocycles. The van der Waals surface area contributed by atoms with E-state index in [9.17, 15) is 4.79 Å². The first-order valence-electron chi connectivity index (χ1n) is 8.19. The van der Waals surface area contributed by atoms with Crippen molar-refractivity contribution < 1.29 is 4.79 Å². The Morgan fingerprint density at radius 3 is 2.40 bits per heavy atom. The fourth-order valence-corrected chi connectivity index (χ4v) is 3.37. The Kier molecular flexibility index (Phi) is 5.08. The summed E-state index contributed by atoms with van der Waals surface area (Å²) in [5.41, 5.74) is 0.214. The number of piperidine rings is 1. The molecule has 2 aliphatic heterocycles. The van der Waals surface area contributed by atoms with E-state index in [1.807, 2.05) is 0 Å². The van der Waals surface area contributed by atoms with Crippen LogP contribution in [0.3, 0.4) is 0 Å². The lowest BCUT2D eigenvalue weighted by atomic mass is 9.90. The van der Waals surface area contributed by atoms with Crippen LogP contribution in [0.1, 0.15) is 47.0 Å². The van der Waals surface area contributed by atoms with Gasteiger partial charge in [-0.1, -0.05) is 13.3 Å². The van der Waals surface area contributed by atoms with E-state index in [1.165, 1.54) is 12.8 Å². The molecule has 2 saturated heterocycles. The zero-order valence-corrected chi connectivity index (χ0v) is 13.6.